The molecule has 0 spiro atoms. The summed E-state index contributed by atoms with van der Waals surface area (Å²) in [6.45, 7) is 14.9. The van der Waals surface area contributed by atoms with Crippen molar-refractivity contribution in [3.05, 3.63) is 41.6 Å². The smallest absolute Gasteiger partial charge is 0.219 e. The monoisotopic (exact) mass is 428 g/mol. The van der Waals surface area contributed by atoms with Crippen LogP contribution in [0.2, 0.25) is 0 Å². The topological polar surface area (TPSA) is 49.4 Å². The molecule has 0 bridgehead atoms. The predicted molar refractivity (Wildman–Crippen MR) is 132 cm³/mol. The van der Waals surface area contributed by atoms with Gasteiger partial charge in [-0.3, -0.25) is 0 Å². The van der Waals surface area contributed by atoms with Gasteiger partial charge in [-0.25, -0.2) is 4.98 Å². The van der Waals surface area contributed by atoms with Crippen LogP contribution >= 0.6 is 12.2 Å². The highest BCUT2D eigenvalue weighted by Gasteiger charge is 2.21. The lowest BCUT2D eigenvalue weighted by molar-refractivity contribution is 0.458. The van der Waals surface area contributed by atoms with Gasteiger partial charge in [-0.15, -0.1) is 0 Å². The zero-order chi connectivity index (χ0) is 22.6. The molecule has 30 heavy (non-hydrogen) atoms. The van der Waals surface area contributed by atoms with E-state index in [0.29, 0.717) is 11.0 Å². The molecule has 0 aliphatic rings. The Hall–Kier alpha value is -2.34. The highest BCUT2D eigenvalue weighted by Crippen LogP contribution is 2.35. The van der Waals surface area contributed by atoms with Gasteiger partial charge in [0.1, 0.15) is 5.75 Å². The maximum atomic E-state index is 6.13. The van der Waals surface area contributed by atoms with Gasteiger partial charge in [0.2, 0.25) is 5.88 Å². The lowest BCUT2D eigenvalue weighted by atomic mass is 9.97. The molecule has 0 saturated heterocycles. The molecule has 1 aromatic heterocycles. The Bertz CT molecular complexity index is 839. The molecular formula is C24H36N4OS. The van der Waals surface area contributed by atoms with Crippen molar-refractivity contribution >= 4 is 28.7 Å². The molecular weight excluding hydrogens is 392 g/mol. The van der Waals surface area contributed by atoms with E-state index in [1.165, 1.54) is 0 Å². The molecule has 0 amide bonds. The van der Waals surface area contributed by atoms with Gasteiger partial charge in [-0.2, -0.15) is 0 Å². The van der Waals surface area contributed by atoms with E-state index >= 15 is 0 Å². The number of nitrogens with zero attached hydrogens (tertiary/aromatic N) is 2. The minimum Gasteiger partial charge on any atom is -0.439 e. The Morgan fingerprint density at radius 3 is 2.10 bits per heavy atom. The number of pyridine rings is 1. The van der Waals surface area contributed by atoms with Crippen LogP contribution < -0.4 is 20.3 Å². The van der Waals surface area contributed by atoms with Gasteiger partial charge in [-0.05, 0) is 74.7 Å². The van der Waals surface area contributed by atoms with E-state index in [9.17, 15) is 0 Å². The van der Waals surface area contributed by atoms with Gasteiger partial charge in [-0.1, -0.05) is 27.7 Å². The minimum atomic E-state index is -0.116. The van der Waals surface area contributed by atoms with Crippen LogP contribution in [0.25, 0.3) is 0 Å². The third kappa shape index (κ3) is 6.59. The van der Waals surface area contributed by atoms with Crippen LogP contribution in [0.3, 0.4) is 0 Å². The Morgan fingerprint density at radius 1 is 1.03 bits per heavy atom. The average molecular weight is 429 g/mol. The van der Waals surface area contributed by atoms with E-state index in [1.54, 1.807) is 0 Å². The second-order valence-electron chi connectivity index (χ2n) is 9.44. The molecule has 0 aliphatic heterocycles. The Kier molecular flexibility index (Phi) is 7.70. The summed E-state index contributed by atoms with van der Waals surface area (Å²) in [6.07, 6.45) is 0. The van der Waals surface area contributed by atoms with Crippen molar-refractivity contribution in [3.63, 3.8) is 0 Å². The van der Waals surface area contributed by atoms with Crippen LogP contribution in [-0.2, 0) is 0 Å². The lowest BCUT2D eigenvalue weighted by Crippen LogP contribution is -2.43. The summed E-state index contributed by atoms with van der Waals surface area (Å²) in [5.41, 5.74) is 4.05. The summed E-state index contributed by atoms with van der Waals surface area (Å²) in [6, 6.07) is 10.0. The molecule has 0 aliphatic carbocycles. The Balaban J connectivity index is 2.41. The van der Waals surface area contributed by atoms with Gasteiger partial charge in [0.25, 0.3) is 0 Å². The number of anilines is 2. The quantitative estimate of drug-likeness (QED) is 0.529. The first-order valence-electron chi connectivity index (χ1n) is 10.5. The fraction of sp³-hybridized carbons (Fsp3) is 0.500. The van der Waals surface area contributed by atoms with Crippen molar-refractivity contribution in [2.24, 2.45) is 0 Å². The van der Waals surface area contributed by atoms with E-state index in [4.69, 9.17) is 21.9 Å². The van der Waals surface area contributed by atoms with Crippen LogP contribution in [0.1, 0.15) is 71.6 Å². The van der Waals surface area contributed by atoms with Gasteiger partial charge < -0.3 is 20.3 Å². The number of thiocarbonyl (C=S) groups is 1. The maximum Gasteiger partial charge on any atom is 0.219 e. The standard InChI is InChI=1S/C24H36N4OS/c1-15(2)19-14-20(29-18-12-10-17(11-13-18)28(8)9)25-21(16(3)4)22(19)26-23(30)27-24(5,6)7/h10-16H,1-9H3,(H2,26,27,30). The highest BCUT2D eigenvalue weighted by atomic mass is 32.1. The summed E-state index contributed by atoms with van der Waals surface area (Å²) in [4.78, 5) is 6.90. The molecule has 0 fully saturated rings. The first kappa shape index (κ1) is 23.9. The van der Waals surface area contributed by atoms with Crippen molar-refractivity contribution in [2.45, 2.75) is 65.8 Å². The molecule has 1 aromatic carbocycles. The molecule has 5 nitrogen and oxygen atoms in total. The number of hydrogen-bond donors (Lipinski definition) is 2. The van der Waals surface area contributed by atoms with E-state index in [0.717, 1.165) is 28.4 Å². The van der Waals surface area contributed by atoms with Gasteiger partial charge in [0.05, 0.1) is 11.4 Å². The van der Waals surface area contributed by atoms with Crippen molar-refractivity contribution in [2.75, 3.05) is 24.3 Å². The Labute approximate surface area is 187 Å². The Morgan fingerprint density at radius 2 is 1.63 bits per heavy atom. The molecule has 164 valence electrons. The maximum absolute atomic E-state index is 6.13. The second kappa shape index (κ2) is 9.65. The van der Waals surface area contributed by atoms with E-state index in [-0.39, 0.29) is 17.4 Å². The lowest BCUT2D eigenvalue weighted by Gasteiger charge is -2.26. The number of ether oxygens (including phenoxy) is 1. The molecule has 2 aromatic rings. The number of hydrogen-bond acceptors (Lipinski definition) is 4. The summed E-state index contributed by atoms with van der Waals surface area (Å²) in [7, 11) is 4.04. The zero-order valence-corrected chi connectivity index (χ0v) is 20.6. The normalized spacial score (nSPS) is 11.6. The summed E-state index contributed by atoms with van der Waals surface area (Å²) < 4.78 is 6.13. The summed E-state index contributed by atoms with van der Waals surface area (Å²) >= 11 is 5.56. The molecule has 0 atom stereocenters. The van der Waals surface area contributed by atoms with Crippen molar-refractivity contribution in [3.8, 4) is 11.6 Å². The minimum absolute atomic E-state index is 0.116. The number of aromatic nitrogens is 1. The van der Waals surface area contributed by atoms with Crippen LogP contribution in [0.4, 0.5) is 11.4 Å². The predicted octanol–water partition coefficient (Wildman–Crippen LogP) is 6.27. The van der Waals surface area contributed by atoms with Gasteiger partial charge in [0, 0.05) is 31.4 Å². The molecule has 2 rings (SSSR count). The number of nitrogens with one attached hydrogen (secondary N) is 2. The molecule has 0 saturated carbocycles. The summed E-state index contributed by atoms with van der Waals surface area (Å²) in [5, 5.41) is 7.33. The molecule has 0 unspecified atom stereocenters. The number of benzene rings is 1. The van der Waals surface area contributed by atoms with E-state index in [1.807, 2.05) is 44.4 Å². The van der Waals surface area contributed by atoms with Crippen LogP contribution in [-0.4, -0.2) is 29.7 Å². The molecule has 6 heteroatoms. The average Bonchev–Trinajstić information content (AvgIpc) is 2.61. The zero-order valence-electron chi connectivity index (χ0n) is 19.8. The third-order valence-corrected chi connectivity index (χ3v) is 4.73. The number of rotatable bonds is 6. The van der Waals surface area contributed by atoms with Gasteiger partial charge in [0.15, 0.2) is 5.11 Å². The fourth-order valence-electron chi connectivity index (χ4n) is 3.04. The molecule has 1 heterocycles. The highest BCUT2D eigenvalue weighted by molar-refractivity contribution is 7.80. The van der Waals surface area contributed by atoms with Crippen LogP contribution in [0.5, 0.6) is 11.6 Å². The fourth-order valence-corrected chi connectivity index (χ4v) is 3.45. The largest absolute Gasteiger partial charge is 0.439 e. The first-order valence-corrected chi connectivity index (χ1v) is 10.9. The molecule has 2 N–H and O–H groups in total. The van der Waals surface area contributed by atoms with E-state index in [2.05, 4.69) is 64.0 Å². The van der Waals surface area contributed by atoms with E-state index < -0.39 is 0 Å². The molecule has 0 radical (unpaired) electrons. The van der Waals surface area contributed by atoms with Gasteiger partial charge >= 0.3 is 0 Å². The van der Waals surface area contributed by atoms with Crippen molar-refractivity contribution in [1.29, 1.82) is 0 Å². The van der Waals surface area contributed by atoms with Crippen LogP contribution in [0, 0.1) is 0 Å². The SMILES string of the molecule is CC(C)c1cc(Oc2ccc(N(C)C)cc2)nc(C(C)C)c1NC(=S)NC(C)(C)C. The van der Waals surface area contributed by atoms with Crippen LogP contribution in [0.15, 0.2) is 30.3 Å². The second-order valence-corrected chi connectivity index (χ2v) is 9.85. The van der Waals surface area contributed by atoms with Crippen molar-refractivity contribution in [1.82, 2.24) is 10.3 Å². The first-order chi connectivity index (χ1) is 13.9. The third-order valence-electron chi connectivity index (χ3n) is 4.53. The summed E-state index contributed by atoms with van der Waals surface area (Å²) in [5.74, 6) is 1.86. The van der Waals surface area contributed by atoms with Crippen molar-refractivity contribution < 1.29 is 4.74 Å².